The van der Waals surface area contributed by atoms with Gasteiger partial charge >= 0.3 is 0 Å². The van der Waals surface area contributed by atoms with Gasteiger partial charge in [0.2, 0.25) is 0 Å². The van der Waals surface area contributed by atoms with Crippen LogP contribution in [0.3, 0.4) is 0 Å². The Balaban J connectivity index is 1.57. The molecule has 6 nitrogen and oxygen atoms in total. The molecule has 0 aliphatic heterocycles. The number of ether oxygens (including phenoxy) is 2. The first-order valence-electron chi connectivity index (χ1n) is 10.8. The molecular formula is C25H28N4O2S. The molecule has 7 heteroatoms. The highest BCUT2D eigenvalue weighted by atomic mass is 32.1. The summed E-state index contributed by atoms with van der Waals surface area (Å²) in [5, 5.41) is 7.80. The van der Waals surface area contributed by atoms with Crippen molar-refractivity contribution in [3.05, 3.63) is 59.9 Å². The van der Waals surface area contributed by atoms with Gasteiger partial charge in [-0.2, -0.15) is 0 Å². The van der Waals surface area contributed by atoms with E-state index < -0.39 is 0 Å². The minimum atomic E-state index is 0.467. The van der Waals surface area contributed by atoms with Crippen LogP contribution >= 0.6 is 12.2 Å². The van der Waals surface area contributed by atoms with Crippen LogP contribution in [0.4, 0.5) is 11.5 Å². The average Bonchev–Trinajstić information content (AvgIpc) is 2.80. The second kappa shape index (κ2) is 9.96. The molecule has 0 amide bonds. The number of methoxy groups -OCH3 is 1. The number of nitrogens with zero attached hydrogens (tertiary/aromatic N) is 2. The second-order valence-electron chi connectivity index (χ2n) is 8.05. The van der Waals surface area contributed by atoms with E-state index in [1.807, 2.05) is 18.2 Å². The van der Waals surface area contributed by atoms with Gasteiger partial charge in [0.25, 0.3) is 0 Å². The Labute approximate surface area is 194 Å². The minimum Gasteiger partial charge on any atom is -0.493 e. The van der Waals surface area contributed by atoms with Crippen LogP contribution < -0.4 is 20.1 Å². The summed E-state index contributed by atoms with van der Waals surface area (Å²) in [6, 6.07) is 9.94. The fourth-order valence-electron chi connectivity index (χ4n) is 3.92. The van der Waals surface area contributed by atoms with Gasteiger partial charge in [0, 0.05) is 17.1 Å². The first kappa shape index (κ1) is 22.0. The predicted molar refractivity (Wildman–Crippen MR) is 134 cm³/mol. The molecule has 0 spiro atoms. The molecule has 4 rings (SSSR count). The standard InChI is InChI=1S/C25H28N4O2S/c1-16-8-7-9-17(2)23(16)28-25(32)29-24-19-12-22(31-14-18-10-5-4-6-11-18)21(30-3)13-20(19)26-15-27-24/h4-5,7-9,12-13,15,18H,6,10-11,14H2,1-3H3,(H2,26,27,28,29,32). The number of aryl methyl sites for hydroxylation is 2. The van der Waals surface area contributed by atoms with Gasteiger partial charge in [-0.05, 0) is 68.4 Å². The van der Waals surface area contributed by atoms with Crippen LogP contribution in [-0.4, -0.2) is 28.8 Å². The van der Waals surface area contributed by atoms with Gasteiger partial charge in [0.05, 0.1) is 19.2 Å². The van der Waals surface area contributed by atoms with Crippen molar-refractivity contribution in [2.75, 3.05) is 24.4 Å². The lowest BCUT2D eigenvalue weighted by atomic mass is 9.95. The summed E-state index contributed by atoms with van der Waals surface area (Å²) in [6.07, 6.45) is 9.27. The Morgan fingerprint density at radius 3 is 2.62 bits per heavy atom. The number of benzene rings is 2. The number of fused-ring (bicyclic) bond motifs is 1. The highest BCUT2D eigenvalue weighted by Gasteiger charge is 2.16. The molecular weight excluding hydrogens is 420 g/mol. The van der Waals surface area contributed by atoms with Crippen molar-refractivity contribution in [3.63, 3.8) is 0 Å². The molecule has 1 aliphatic carbocycles. The molecule has 3 aromatic rings. The maximum absolute atomic E-state index is 6.17. The van der Waals surface area contributed by atoms with Crippen molar-refractivity contribution in [3.8, 4) is 11.5 Å². The van der Waals surface area contributed by atoms with E-state index in [0.29, 0.717) is 35.0 Å². The number of para-hydroxylation sites is 1. The van der Waals surface area contributed by atoms with Gasteiger partial charge in [-0.1, -0.05) is 30.4 Å². The van der Waals surface area contributed by atoms with E-state index in [9.17, 15) is 0 Å². The van der Waals surface area contributed by atoms with E-state index >= 15 is 0 Å². The lowest BCUT2D eigenvalue weighted by Gasteiger charge is -2.20. The normalized spacial score (nSPS) is 15.4. The van der Waals surface area contributed by atoms with E-state index in [4.69, 9.17) is 21.7 Å². The molecule has 1 aliphatic rings. The lowest BCUT2D eigenvalue weighted by molar-refractivity contribution is 0.229. The van der Waals surface area contributed by atoms with Crippen LogP contribution in [-0.2, 0) is 0 Å². The molecule has 2 N–H and O–H groups in total. The number of hydrogen-bond acceptors (Lipinski definition) is 5. The molecule has 0 saturated carbocycles. The van der Waals surface area contributed by atoms with E-state index in [1.54, 1.807) is 7.11 Å². The number of aromatic nitrogens is 2. The summed E-state index contributed by atoms with van der Waals surface area (Å²) in [5.41, 5.74) is 4.00. The summed E-state index contributed by atoms with van der Waals surface area (Å²) < 4.78 is 11.7. The van der Waals surface area contributed by atoms with Gasteiger partial charge in [-0.15, -0.1) is 0 Å². The molecule has 0 saturated heterocycles. The van der Waals surface area contributed by atoms with Crippen molar-refractivity contribution in [1.29, 1.82) is 0 Å². The molecule has 32 heavy (non-hydrogen) atoms. The smallest absolute Gasteiger partial charge is 0.176 e. The number of rotatable bonds is 6. The Morgan fingerprint density at radius 2 is 1.91 bits per heavy atom. The molecule has 1 atom stereocenters. The SMILES string of the molecule is COc1cc2ncnc(NC(=S)Nc3c(C)cccc3C)c2cc1OCC1CC=CCC1. The third kappa shape index (κ3) is 4.99. The fraction of sp³-hybridized carbons (Fsp3) is 0.320. The lowest BCUT2D eigenvalue weighted by Crippen LogP contribution is -2.21. The maximum atomic E-state index is 6.17. The fourth-order valence-corrected chi connectivity index (χ4v) is 4.11. The predicted octanol–water partition coefficient (Wildman–Crippen LogP) is 5.80. The van der Waals surface area contributed by atoms with Gasteiger partial charge in [0.1, 0.15) is 12.1 Å². The molecule has 1 aromatic heterocycles. The van der Waals surface area contributed by atoms with Crippen LogP contribution in [0.15, 0.2) is 48.8 Å². The third-order valence-electron chi connectivity index (χ3n) is 5.72. The monoisotopic (exact) mass is 448 g/mol. The summed E-state index contributed by atoms with van der Waals surface area (Å²) in [5.74, 6) is 2.47. The van der Waals surface area contributed by atoms with Crippen LogP contribution in [0.25, 0.3) is 10.9 Å². The zero-order chi connectivity index (χ0) is 22.5. The van der Waals surface area contributed by atoms with E-state index in [2.05, 4.69) is 58.7 Å². The Kier molecular flexibility index (Phi) is 6.85. The number of anilines is 2. The zero-order valence-corrected chi connectivity index (χ0v) is 19.5. The first-order valence-corrected chi connectivity index (χ1v) is 11.2. The van der Waals surface area contributed by atoms with E-state index in [0.717, 1.165) is 47.0 Å². The van der Waals surface area contributed by atoms with Crippen LogP contribution in [0.5, 0.6) is 11.5 Å². The first-order chi connectivity index (χ1) is 15.5. The van der Waals surface area contributed by atoms with Gasteiger partial charge < -0.3 is 20.1 Å². The largest absolute Gasteiger partial charge is 0.493 e. The van der Waals surface area contributed by atoms with Gasteiger partial charge in [-0.25, -0.2) is 9.97 Å². The second-order valence-corrected chi connectivity index (χ2v) is 8.46. The number of nitrogens with one attached hydrogen (secondary N) is 2. The van der Waals surface area contributed by atoms with Crippen molar-refractivity contribution in [2.45, 2.75) is 33.1 Å². The van der Waals surface area contributed by atoms with Gasteiger partial charge in [0.15, 0.2) is 16.6 Å². The van der Waals surface area contributed by atoms with Crippen LogP contribution in [0, 0.1) is 19.8 Å². The highest BCUT2D eigenvalue weighted by molar-refractivity contribution is 7.80. The third-order valence-corrected chi connectivity index (χ3v) is 5.93. The summed E-state index contributed by atoms with van der Waals surface area (Å²) >= 11 is 5.57. The molecule has 0 radical (unpaired) electrons. The molecule has 166 valence electrons. The van der Waals surface area contributed by atoms with Gasteiger partial charge in [-0.3, -0.25) is 0 Å². The van der Waals surface area contributed by atoms with Crippen molar-refractivity contribution >= 4 is 39.7 Å². The number of hydrogen-bond donors (Lipinski definition) is 2. The van der Waals surface area contributed by atoms with Crippen molar-refractivity contribution < 1.29 is 9.47 Å². The number of allylic oxidation sites excluding steroid dienone is 2. The van der Waals surface area contributed by atoms with E-state index in [1.165, 1.54) is 6.33 Å². The molecule has 2 aromatic carbocycles. The van der Waals surface area contributed by atoms with Crippen LogP contribution in [0.2, 0.25) is 0 Å². The van der Waals surface area contributed by atoms with Crippen molar-refractivity contribution in [1.82, 2.24) is 9.97 Å². The Morgan fingerprint density at radius 1 is 1.09 bits per heavy atom. The molecule has 0 fully saturated rings. The summed E-state index contributed by atoms with van der Waals surface area (Å²) in [4.78, 5) is 8.83. The highest BCUT2D eigenvalue weighted by Crippen LogP contribution is 2.35. The Bertz CT molecular complexity index is 1140. The summed E-state index contributed by atoms with van der Waals surface area (Å²) in [6.45, 7) is 4.75. The number of thiocarbonyl (C=S) groups is 1. The topological polar surface area (TPSA) is 68.3 Å². The minimum absolute atomic E-state index is 0.467. The van der Waals surface area contributed by atoms with Crippen LogP contribution in [0.1, 0.15) is 30.4 Å². The average molecular weight is 449 g/mol. The van der Waals surface area contributed by atoms with E-state index in [-0.39, 0.29) is 0 Å². The summed E-state index contributed by atoms with van der Waals surface area (Å²) in [7, 11) is 1.64. The molecule has 0 bridgehead atoms. The van der Waals surface area contributed by atoms with Crippen molar-refractivity contribution in [2.24, 2.45) is 5.92 Å². The molecule has 1 heterocycles. The quantitative estimate of drug-likeness (QED) is 0.365. The maximum Gasteiger partial charge on any atom is 0.176 e. The zero-order valence-electron chi connectivity index (χ0n) is 18.6. The Hall–Kier alpha value is -3.19. The molecule has 1 unspecified atom stereocenters.